The van der Waals surface area contributed by atoms with Gasteiger partial charge in [0.25, 0.3) is 0 Å². The molecule has 3 rings (SSSR count). The van der Waals surface area contributed by atoms with Crippen LogP contribution in [0.1, 0.15) is 19.2 Å². The minimum absolute atomic E-state index is 0.633. The number of imidazole rings is 1. The monoisotopic (exact) mass is 287 g/mol. The smallest absolute Gasteiger partial charge is 0.131 e. The molecule has 21 heavy (non-hydrogen) atoms. The van der Waals surface area contributed by atoms with Crippen molar-refractivity contribution in [3.63, 3.8) is 0 Å². The van der Waals surface area contributed by atoms with E-state index in [1.165, 1.54) is 0 Å². The van der Waals surface area contributed by atoms with E-state index in [0.717, 1.165) is 48.0 Å². The van der Waals surface area contributed by atoms with Gasteiger partial charge in [-0.1, -0.05) is 6.92 Å². The largest absolute Gasteiger partial charge is 0.497 e. The van der Waals surface area contributed by atoms with E-state index < -0.39 is 0 Å². The van der Waals surface area contributed by atoms with Gasteiger partial charge in [-0.2, -0.15) is 0 Å². The molecule has 1 aliphatic heterocycles. The van der Waals surface area contributed by atoms with Crippen molar-refractivity contribution in [2.45, 2.75) is 26.3 Å². The summed E-state index contributed by atoms with van der Waals surface area (Å²) in [5.74, 6) is 3.93. The lowest BCUT2D eigenvalue weighted by atomic mass is 10.0. The Morgan fingerprint density at radius 1 is 1.29 bits per heavy atom. The standard InChI is InChI=1S/C16H21N3O2/c1-10-4-7-14-18-15(16(17)19(14)9-10)12-8-11(20-2)5-6-13(12)21-3/h5-6,8,10H,4,7,9,17H2,1-3H3. The third kappa shape index (κ3) is 2.33. The second kappa shape index (κ2) is 5.31. The lowest BCUT2D eigenvalue weighted by molar-refractivity contribution is 0.397. The number of rotatable bonds is 3. The normalized spacial score (nSPS) is 17.4. The summed E-state index contributed by atoms with van der Waals surface area (Å²) in [6, 6.07) is 5.68. The van der Waals surface area contributed by atoms with E-state index in [1.807, 2.05) is 18.2 Å². The Labute approximate surface area is 124 Å². The highest BCUT2D eigenvalue weighted by Gasteiger charge is 2.23. The maximum atomic E-state index is 6.34. The molecule has 2 N–H and O–H groups in total. The Morgan fingerprint density at radius 3 is 2.81 bits per heavy atom. The first kappa shape index (κ1) is 13.8. The molecular weight excluding hydrogens is 266 g/mol. The topological polar surface area (TPSA) is 62.3 Å². The first-order valence-electron chi connectivity index (χ1n) is 7.21. The van der Waals surface area contributed by atoms with Crippen LogP contribution in [0.15, 0.2) is 18.2 Å². The highest BCUT2D eigenvalue weighted by molar-refractivity contribution is 5.77. The highest BCUT2D eigenvalue weighted by Crippen LogP contribution is 2.37. The van der Waals surface area contributed by atoms with E-state index in [9.17, 15) is 0 Å². The van der Waals surface area contributed by atoms with Gasteiger partial charge in [0, 0.05) is 18.5 Å². The number of nitrogens with zero attached hydrogens (tertiary/aromatic N) is 2. The predicted molar refractivity (Wildman–Crippen MR) is 82.7 cm³/mol. The van der Waals surface area contributed by atoms with Gasteiger partial charge in [-0.05, 0) is 30.5 Å². The Balaban J connectivity index is 2.13. The number of anilines is 1. The van der Waals surface area contributed by atoms with Crippen molar-refractivity contribution in [2.24, 2.45) is 5.92 Å². The van der Waals surface area contributed by atoms with Crippen molar-refractivity contribution in [2.75, 3.05) is 20.0 Å². The molecule has 0 radical (unpaired) electrons. The summed E-state index contributed by atoms with van der Waals surface area (Å²) in [4.78, 5) is 4.74. The number of nitrogens with two attached hydrogens (primary N) is 1. The molecule has 0 saturated heterocycles. The van der Waals surface area contributed by atoms with E-state index in [1.54, 1.807) is 14.2 Å². The van der Waals surface area contributed by atoms with Gasteiger partial charge in [-0.3, -0.25) is 0 Å². The molecule has 1 unspecified atom stereocenters. The zero-order valence-corrected chi connectivity index (χ0v) is 12.7. The van der Waals surface area contributed by atoms with Gasteiger partial charge in [0.1, 0.15) is 28.8 Å². The number of fused-ring (bicyclic) bond motifs is 1. The molecule has 1 aromatic heterocycles. The minimum atomic E-state index is 0.633. The van der Waals surface area contributed by atoms with E-state index in [0.29, 0.717) is 11.7 Å². The number of methoxy groups -OCH3 is 2. The number of aromatic nitrogens is 2. The van der Waals surface area contributed by atoms with E-state index in [2.05, 4.69) is 11.5 Å². The summed E-state index contributed by atoms with van der Waals surface area (Å²) in [5, 5.41) is 0. The number of nitrogen functional groups attached to an aromatic ring is 1. The molecular formula is C16H21N3O2. The first-order chi connectivity index (χ1) is 10.1. The first-order valence-corrected chi connectivity index (χ1v) is 7.21. The van der Waals surface area contributed by atoms with Crippen molar-refractivity contribution < 1.29 is 9.47 Å². The van der Waals surface area contributed by atoms with Gasteiger partial charge in [0.2, 0.25) is 0 Å². The maximum Gasteiger partial charge on any atom is 0.131 e. The Bertz CT molecular complexity index is 664. The Kier molecular flexibility index (Phi) is 3.49. The lowest BCUT2D eigenvalue weighted by Crippen LogP contribution is -2.19. The summed E-state index contributed by atoms with van der Waals surface area (Å²) in [7, 11) is 3.30. The second-order valence-corrected chi connectivity index (χ2v) is 5.58. The predicted octanol–water partition coefficient (Wildman–Crippen LogP) is 2.73. The van der Waals surface area contributed by atoms with Crippen molar-refractivity contribution in [1.82, 2.24) is 9.55 Å². The SMILES string of the molecule is COc1ccc(OC)c(-c2nc3n(c2N)CC(C)CC3)c1. The Morgan fingerprint density at radius 2 is 2.10 bits per heavy atom. The van der Waals surface area contributed by atoms with Crippen LogP contribution in [0, 0.1) is 5.92 Å². The van der Waals surface area contributed by atoms with E-state index in [-0.39, 0.29) is 0 Å². The van der Waals surface area contributed by atoms with Crippen LogP contribution in [0.5, 0.6) is 11.5 Å². The number of aryl methyl sites for hydroxylation is 1. The van der Waals surface area contributed by atoms with Crippen molar-refractivity contribution in [3.8, 4) is 22.8 Å². The van der Waals surface area contributed by atoms with Crippen molar-refractivity contribution in [3.05, 3.63) is 24.0 Å². The van der Waals surface area contributed by atoms with Crippen LogP contribution in [0.4, 0.5) is 5.82 Å². The molecule has 0 fully saturated rings. The molecule has 0 spiro atoms. The van der Waals surface area contributed by atoms with Gasteiger partial charge in [-0.25, -0.2) is 4.98 Å². The number of ether oxygens (including phenoxy) is 2. The summed E-state index contributed by atoms with van der Waals surface area (Å²) >= 11 is 0. The zero-order valence-electron chi connectivity index (χ0n) is 12.7. The van der Waals surface area contributed by atoms with Gasteiger partial charge in [0.15, 0.2) is 0 Å². The molecule has 2 aromatic rings. The van der Waals surface area contributed by atoms with Crippen LogP contribution < -0.4 is 15.2 Å². The lowest BCUT2D eigenvalue weighted by Gasteiger charge is -2.20. The van der Waals surface area contributed by atoms with Crippen molar-refractivity contribution >= 4 is 5.82 Å². The second-order valence-electron chi connectivity index (χ2n) is 5.58. The fourth-order valence-corrected chi connectivity index (χ4v) is 2.88. The highest BCUT2D eigenvalue weighted by atomic mass is 16.5. The molecule has 0 amide bonds. The van der Waals surface area contributed by atoms with Crippen LogP contribution in [0.3, 0.4) is 0 Å². The maximum absolute atomic E-state index is 6.34. The molecule has 0 aliphatic carbocycles. The van der Waals surface area contributed by atoms with Gasteiger partial charge in [0.05, 0.1) is 14.2 Å². The molecule has 5 nitrogen and oxygen atoms in total. The third-order valence-corrected chi connectivity index (χ3v) is 4.10. The summed E-state index contributed by atoms with van der Waals surface area (Å²) in [6.07, 6.45) is 2.13. The molecule has 1 atom stereocenters. The van der Waals surface area contributed by atoms with Gasteiger partial charge < -0.3 is 19.8 Å². The number of benzene rings is 1. The zero-order chi connectivity index (χ0) is 15.0. The molecule has 1 aliphatic rings. The average Bonchev–Trinajstić information content (AvgIpc) is 2.83. The molecule has 112 valence electrons. The fraction of sp³-hybridized carbons (Fsp3) is 0.438. The van der Waals surface area contributed by atoms with Gasteiger partial charge in [-0.15, -0.1) is 0 Å². The third-order valence-electron chi connectivity index (χ3n) is 4.10. The fourth-order valence-electron chi connectivity index (χ4n) is 2.88. The van der Waals surface area contributed by atoms with Crippen LogP contribution in [-0.4, -0.2) is 23.8 Å². The summed E-state index contributed by atoms with van der Waals surface area (Å²) < 4.78 is 12.9. The van der Waals surface area contributed by atoms with Gasteiger partial charge >= 0.3 is 0 Å². The molecule has 0 saturated carbocycles. The van der Waals surface area contributed by atoms with Crippen LogP contribution in [0.25, 0.3) is 11.3 Å². The van der Waals surface area contributed by atoms with Crippen LogP contribution in [-0.2, 0) is 13.0 Å². The molecule has 5 heteroatoms. The van der Waals surface area contributed by atoms with Crippen molar-refractivity contribution in [1.29, 1.82) is 0 Å². The number of hydrogen-bond donors (Lipinski definition) is 1. The van der Waals surface area contributed by atoms with E-state index in [4.69, 9.17) is 20.2 Å². The average molecular weight is 287 g/mol. The molecule has 1 aromatic carbocycles. The molecule has 0 bridgehead atoms. The quantitative estimate of drug-likeness (QED) is 0.943. The number of hydrogen-bond acceptors (Lipinski definition) is 4. The summed E-state index contributed by atoms with van der Waals surface area (Å²) in [5.41, 5.74) is 8.00. The Hall–Kier alpha value is -2.17. The summed E-state index contributed by atoms with van der Waals surface area (Å²) in [6.45, 7) is 3.18. The van der Waals surface area contributed by atoms with Crippen LogP contribution >= 0.6 is 0 Å². The van der Waals surface area contributed by atoms with Crippen LogP contribution in [0.2, 0.25) is 0 Å². The molecule has 2 heterocycles. The van der Waals surface area contributed by atoms with E-state index >= 15 is 0 Å². The minimum Gasteiger partial charge on any atom is -0.497 e.